The molecule has 0 saturated heterocycles. The molecule has 0 unspecified atom stereocenters. The number of carbonyl (C=O) groups excluding carboxylic acids is 1. The number of hydrogen-bond donors (Lipinski definition) is 2. The first kappa shape index (κ1) is 14.1. The molecule has 1 aromatic heterocycles. The SMILES string of the molecule is COc1cccc(C(=O)N[C@@H](C)c2nc3ccccc3[nH]2)c1. The largest absolute Gasteiger partial charge is 0.497 e. The highest BCUT2D eigenvalue weighted by atomic mass is 16.5. The zero-order valence-corrected chi connectivity index (χ0v) is 12.5. The molecule has 2 aromatic carbocycles. The molecule has 0 aliphatic heterocycles. The summed E-state index contributed by atoms with van der Waals surface area (Å²) in [6, 6.07) is 14.6. The van der Waals surface area contributed by atoms with Gasteiger partial charge in [-0.2, -0.15) is 0 Å². The summed E-state index contributed by atoms with van der Waals surface area (Å²) in [5, 5.41) is 2.94. The summed E-state index contributed by atoms with van der Waals surface area (Å²) in [5.74, 6) is 1.23. The maximum atomic E-state index is 12.3. The van der Waals surface area contributed by atoms with E-state index in [1.807, 2.05) is 31.2 Å². The van der Waals surface area contributed by atoms with E-state index in [0.717, 1.165) is 16.9 Å². The second-order valence-electron chi connectivity index (χ2n) is 5.07. The van der Waals surface area contributed by atoms with Crippen molar-refractivity contribution in [2.45, 2.75) is 13.0 Å². The first-order chi connectivity index (χ1) is 10.7. The number of benzene rings is 2. The molecule has 112 valence electrons. The molecule has 3 rings (SSSR count). The minimum Gasteiger partial charge on any atom is -0.497 e. The minimum absolute atomic E-state index is 0.160. The average Bonchev–Trinajstić information content (AvgIpc) is 2.99. The zero-order valence-electron chi connectivity index (χ0n) is 12.5. The van der Waals surface area contributed by atoms with Gasteiger partial charge in [0.1, 0.15) is 11.6 Å². The number of nitrogens with zero attached hydrogens (tertiary/aromatic N) is 1. The fourth-order valence-electron chi connectivity index (χ4n) is 2.29. The van der Waals surface area contributed by atoms with Crippen LogP contribution in [0.4, 0.5) is 0 Å². The van der Waals surface area contributed by atoms with Crippen LogP contribution in [-0.4, -0.2) is 23.0 Å². The number of amides is 1. The normalized spacial score (nSPS) is 12.1. The Balaban J connectivity index is 1.77. The van der Waals surface area contributed by atoms with Crippen molar-refractivity contribution in [2.24, 2.45) is 0 Å². The second kappa shape index (κ2) is 5.89. The number of H-pyrrole nitrogens is 1. The molecule has 1 amide bonds. The topological polar surface area (TPSA) is 67.0 Å². The summed E-state index contributed by atoms with van der Waals surface area (Å²) in [5.41, 5.74) is 2.40. The lowest BCUT2D eigenvalue weighted by atomic mass is 10.2. The van der Waals surface area contributed by atoms with Crippen molar-refractivity contribution < 1.29 is 9.53 Å². The molecule has 0 saturated carbocycles. The molecule has 3 aromatic rings. The van der Waals surface area contributed by atoms with Crippen LogP contribution in [0.2, 0.25) is 0 Å². The third-order valence-corrected chi connectivity index (χ3v) is 3.50. The molecular weight excluding hydrogens is 278 g/mol. The van der Waals surface area contributed by atoms with E-state index in [1.165, 1.54) is 0 Å². The molecule has 0 radical (unpaired) electrons. The molecule has 2 N–H and O–H groups in total. The molecular formula is C17H17N3O2. The Morgan fingerprint density at radius 1 is 1.23 bits per heavy atom. The average molecular weight is 295 g/mol. The summed E-state index contributed by atoms with van der Waals surface area (Å²) in [6.45, 7) is 1.90. The van der Waals surface area contributed by atoms with Gasteiger partial charge in [-0.1, -0.05) is 18.2 Å². The van der Waals surface area contributed by atoms with Gasteiger partial charge in [-0.05, 0) is 37.3 Å². The van der Waals surface area contributed by atoms with E-state index in [2.05, 4.69) is 15.3 Å². The first-order valence-corrected chi connectivity index (χ1v) is 7.07. The number of para-hydroxylation sites is 2. The van der Waals surface area contributed by atoms with E-state index in [0.29, 0.717) is 11.3 Å². The highest BCUT2D eigenvalue weighted by Gasteiger charge is 2.15. The van der Waals surface area contributed by atoms with Gasteiger partial charge >= 0.3 is 0 Å². The lowest BCUT2D eigenvalue weighted by Crippen LogP contribution is -2.27. The summed E-state index contributed by atoms with van der Waals surface area (Å²) >= 11 is 0. The Kier molecular flexibility index (Phi) is 3.78. The number of aromatic amines is 1. The predicted octanol–water partition coefficient (Wildman–Crippen LogP) is 3.06. The van der Waals surface area contributed by atoms with E-state index in [9.17, 15) is 4.79 Å². The fraction of sp³-hybridized carbons (Fsp3) is 0.176. The predicted molar refractivity (Wildman–Crippen MR) is 85.0 cm³/mol. The number of rotatable bonds is 4. The molecule has 0 spiro atoms. The molecule has 5 heteroatoms. The van der Waals surface area contributed by atoms with Crippen LogP contribution in [0.5, 0.6) is 5.75 Å². The summed E-state index contributed by atoms with van der Waals surface area (Å²) < 4.78 is 5.14. The van der Waals surface area contributed by atoms with Crippen molar-refractivity contribution in [1.29, 1.82) is 0 Å². The van der Waals surface area contributed by atoms with Gasteiger partial charge in [0, 0.05) is 5.56 Å². The highest BCUT2D eigenvalue weighted by molar-refractivity contribution is 5.94. The van der Waals surface area contributed by atoms with Crippen molar-refractivity contribution in [3.05, 3.63) is 59.9 Å². The van der Waals surface area contributed by atoms with E-state index in [1.54, 1.807) is 31.4 Å². The summed E-state index contributed by atoms with van der Waals surface area (Å²) in [6.07, 6.45) is 0. The number of methoxy groups -OCH3 is 1. The third-order valence-electron chi connectivity index (χ3n) is 3.50. The Morgan fingerprint density at radius 2 is 2.05 bits per heavy atom. The van der Waals surface area contributed by atoms with Gasteiger partial charge in [-0.15, -0.1) is 0 Å². The van der Waals surface area contributed by atoms with Crippen molar-refractivity contribution in [3.63, 3.8) is 0 Å². The number of carbonyl (C=O) groups is 1. The van der Waals surface area contributed by atoms with Gasteiger partial charge in [0.2, 0.25) is 0 Å². The molecule has 5 nitrogen and oxygen atoms in total. The smallest absolute Gasteiger partial charge is 0.251 e. The van der Waals surface area contributed by atoms with Crippen LogP contribution in [0.25, 0.3) is 11.0 Å². The fourth-order valence-corrected chi connectivity index (χ4v) is 2.29. The highest BCUT2D eigenvalue weighted by Crippen LogP contribution is 2.17. The standard InChI is InChI=1S/C17H17N3O2/c1-11(16-19-14-8-3-4-9-15(14)20-16)18-17(21)12-6-5-7-13(10-12)22-2/h3-11H,1-2H3,(H,18,21)(H,19,20)/t11-/m0/s1. The van der Waals surface area contributed by atoms with E-state index in [4.69, 9.17) is 4.74 Å². The van der Waals surface area contributed by atoms with Gasteiger partial charge in [-0.25, -0.2) is 4.98 Å². The number of imidazole rings is 1. The van der Waals surface area contributed by atoms with Crippen LogP contribution in [0, 0.1) is 0 Å². The van der Waals surface area contributed by atoms with Crippen molar-refractivity contribution in [3.8, 4) is 5.75 Å². The van der Waals surface area contributed by atoms with Crippen molar-refractivity contribution in [1.82, 2.24) is 15.3 Å². The minimum atomic E-state index is -0.217. The van der Waals surface area contributed by atoms with Gasteiger partial charge in [0.15, 0.2) is 0 Å². The van der Waals surface area contributed by atoms with Crippen LogP contribution < -0.4 is 10.1 Å². The number of aromatic nitrogens is 2. The molecule has 0 aliphatic rings. The summed E-state index contributed by atoms with van der Waals surface area (Å²) in [7, 11) is 1.58. The number of nitrogens with one attached hydrogen (secondary N) is 2. The van der Waals surface area contributed by atoms with Gasteiger partial charge in [0.25, 0.3) is 5.91 Å². The first-order valence-electron chi connectivity index (χ1n) is 7.07. The molecule has 1 atom stereocenters. The Morgan fingerprint density at radius 3 is 2.82 bits per heavy atom. The Labute approximate surface area is 128 Å². The monoisotopic (exact) mass is 295 g/mol. The lowest BCUT2D eigenvalue weighted by molar-refractivity contribution is 0.0938. The van der Waals surface area contributed by atoms with Crippen LogP contribution in [0.15, 0.2) is 48.5 Å². The zero-order chi connectivity index (χ0) is 15.5. The summed E-state index contributed by atoms with van der Waals surface area (Å²) in [4.78, 5) is 20.0. The molecule has 22 heavy (non-hydrogen) atoms. The molecule has 0 aliphatic carbocycles. The van der Waals surface area contributed by atoms with Gasteiger partial charge in [-0.3, -0.25) is 4.79 Å². The van der Waals surface area contributed by atoms with Crippen LogP contribution >= 0.6 is 0 Å². The molecule has 1 heterocycles. The molecule has 0 bridgehead atoms. The Bertz CT molecular complexity index is 777. The molecule has 0 fully saturated rings. The maximum absolute atomic E-state index is 12.3. The number of fused-ring (bicyclic) bond motifs is 1. The van der Waals surface area contributed by atoms with Crippen molar-refractivity contribution in [2.75, 3.05) is 7.11 Å². The van der Waals surface area contributed by atoms with Crippen LogP contribution in [-0.2, 0) is 0 Å². The van der Waals surface area contributed by atoms with E-state index < -0.39 is 0 Å². The quantitative estimate of drug-likeness (QED) is 0.777. The number of ether oxygens (including phenoxy) is 1. The van der Waals surface area contributed by atoms with Crippen molar-refractivity contribution >= 4 is 16.9 Å². The lowest BCUT2D eigenvalue weighted by Gasteiger charge is -2.12. The van der Waals surface area contributed by atoms with Gasteiger partial charge in [0.05, 0.1) is 24.2 Å². The van der Waals surface area contributed by atoms with E-state index >= 15 is 0 Å². The Hall–Kier alpha value is -2.82. The van der Waals surface area contributed by atoms with Gasteiger partial charge < -0.3 is 15.0 Å². The second-order valence-corrected chi connectivity index (χ2v) is 5.07. The van der Waals surface area contributed by atoms with E-state index in [-0.39, 0.29) is 11.9 Å². The van der Waals surface area contributed by atoms with Crippen LogP contribution in [0.3, 0.4) is 0 Å². The van der Waals surface area contributed by atoms with Crippen LogP contribution in [0.1, 0.15) is 29.1 Å². The third kappa shape index (κ3) is 2.79. The number of hydrogen-bond acceptors (Lipinski definition) is 3. The maximum Gasteiger partial charge on any atom is 0.251 e.